The summed E-state index contributed by atoms with van der Waals surface area (Å²) in [5.74, 6) is 0. The third kappa shape index (κ3) is 2.70. The van der Waals surface area contributed by atoms with E-state index >= 15 is 0 Å². The lowest BCUT2D eigenvalue weighted by Gasteiger charge is -2.03. The molecule has 1 heterocycles. The molecule has 0 unspecified atom stereocenters. The van der Waals surface area contributed by atoms with Crippen molar-refractivity contribution in [1.29, 1.82) is 0 Å². The van der Waals surface area contributed by atoms with Crippen LogP contribution in [0.3, 0.4) is 0 Å². The molecule has 0 saturated carbocycles. The molecule has 2 rings (SSSR count). The fraction of sp³-hybridized carbons (Fsp3) is 0.0909. The van der Waals surface area contributed by atoms with Gasteiger partial charge >= 0.3 is 0 Å². The third-order valence-corrected chi connectivity index (χ3v) is 3.21. The number of rotatable bonds is 2. The van der Waals surface area contributed by atoms with Gasteiger partial charge in [0.1, 0.15) is 5.03 Å². The average molecular weight is 237 g/mol. The van der Waals surface area contributed by atoms with Gasteiger partial charge in [0.05, 0.1) is 0 Å². The van der Waals surface area contributed by atoms with Crippen molar-refractivity contribution >= 4 is 23.4 Å². The third-order valence-electron chi connectivity index (χ3n) is 1.91. The zero-order chi connectivity index (χ0) is 10.7. The Hall–Kier alpha value is -1.06. The van der Waals surface area contributed by atoms with Crippen LogP contribution in [0.5, 0.6) is 0 Å². The van der Waals surface area contributed by atoms with Crippen LogP contribution < -0.4 is 0 Å². The van der Waals surface area contributed by atoms with Crippen molar-refractivity contribution < 1.29 is 0 Å². The molecule has 0 radical (unpaired) electrons. The first-order valence-corrected chi connectivity index (χ1v) is 5.67. The molecule has 0 aliphatic heterocycles. The van der Waals surface area contributed by atoms with Crippen LogP contribution in [0.4, 0.5) is 0 Å². The van der Waals surface area contributed by atoms with Crippen LogP contribution in [0.1, 0.15) is 5.56 Å². The molecule has 0 aliphatic rings. The van der Waals surface area contributed by atoms with Gasteiger partial charge in [0, 0.05) is 11.1 Å². The van der Waals surface area contributed by atoms with Crippen molar-refractivity contribution in [3.05, 3.63) is 47.4 Å². The summed E-state index contributed by atoms with van der Waals surface area (Å²) in [6, 6.07) is 10.0. The van der Waals surface area contributed by atoms with Crippen LogP contribution in [0.2, 0.25) is 5.28 Å². The van der Waals surface area contributed by atoms with Gasteiger partial charge in [-0.25, -0.2) is 9.97 Å². The van der Waals surface area contributed by atoms with Gasteiger partial charge in [0.25, 0.3) is 0 Å². The second kappa shape index (κ2) is 4.64. The highest BCUT2D eigenvalue weighted by Crippen LogP contribution is 2.28. The Kier molecular flexibility index (Phi) is 3.23. The zero-order valence-electron chi connectivity index (χ0n) is 8.14. The highest BCUT2D eigenvalue weighted by Gasteiger charge is 2.02. The summed E-state index contributed by atoms with van der Waals surface area (Å²) < 4.78 is 0. The molecule has 2 nitrogen and oxygen atoms in total. The van der Waals surface area contributed by atoms with Crippen molar-refractivity contribution in [1.82, 2.24) is 9.97 Å². The largest absolute Gasteiger partial charge is 0.226 e. The van der Waals surface area contributed by atoms with Crippen molar-refractivity contribution in [2.45, 2.75) is 16.8 Å². The maximum absolute atomic E-state index is 5.72. The van der Waals surface area contributed by atoms with E-state index in [-0.39, 0.29) is 5.28 Å². The lowest BCUT2D eigenvalue weighted by Crippen LogP contribution is -1.85. The summed E-state index contributed by atoms with van der Waals surface area (Å²) in [7, 11) is 0. The van der Waals surface area contributed by atoms with E-state index in [1.54, 1.807) is 18.0 Å². The van der Waals surface area contributed by atoms with Crippen LogP contribution in [-0.2, 0) is 0 Å². The fourth-order valence-corrected chi connectivity index (χ4v) is 2.22. The van der Waals surface area contributed by atoms with Gasteiger partial charge in [-0.1, -0.05) is 30.0 Å². The lowest BCUT2D eigenvalue weighted by molar-refractivity contribution is 1.05. The summed E-state index contributed by atoms with van der Waals surface area (Å²) in [6.07, 6.45) is 1.66. The van der Waals surface area contributed by atoms with E-state index in [0.29, 0.717) is 0 Å². The van der Waals surface area contributed by atoms with Crippen LogP contribution in [0.15, 0.2) is 46.5 Å². The first-order chi connectivity index (χ1) is 7.25. The molecule has 4 heteroatoms. The molecule has 0 bridgehead atoms. The summed E-state index contributed by atoms with van der Waals surface area (Å²) >= 11 is 7.31. The van der Waals surface area contributed by atoms with E-state index < -0.39 is 0 Å². The highest BCUT2D eigenvalue weighted by molar-refractivity contribution is 7.99. The summed E-state index contributed by atoms with van der Waals surface area (Å²) in [4.78, 5) is 9.16. The number of benzene rings is 1. The molecule has 0 atom stereocenters. The van der Waals surface area contributed by atoms with Gasteiger partial charge in [0.2, 0.25) is 5.28 Å². The number of hydrogen-bond acceptors (Lipinski definition) is 3. The first-order valence-electron chi connectivity index (χ1n) is 4.48. The number of nitrogens with zero attached hydrogens (tertiary/aromatic N) is 2. The van der Waals surface area contributed by atoms with E-state index in [1.807, 2.05) is 18.2 Å². The predicted octanol–water partition coefficient (Wildman–Crippen LogP) is 3.59. The minimum atomic E-state index is 0.286. The molecule has 0 spiro atoms. The highest BCUT2D eigenvalue weighted by atomic mass is 35.5. The lowest BCUT2D eigenvalue weighted by atomic mass is 10.2. The van der Waals surface area contributed by atoms with Gasteiger partial charge < -0.3 is 0 Å². The van der Waals surface area contributed by atoms with E-state index in [1.165, 1.54) is 10.5 Å². The molecule has 0 saturated heterocycles. The van der Waals surface area contributed by atoms with Crippen molar-refractivity contribution in [2.24, 2.45) is 0 Å². The van der Waals surface area contributed by atoms with Gasteiger partial charge in [-0.3, -0.25) is 0 Å². The summed E-state index contributed by atoms with van der Waals surface area (Å²) in [6.45, 7) is 2.07. The maximum Gasteiger partial charge on any atom is 0.223 e. The summed E-state index contributed by atoms with van der Waals surface area (Å²) in [5.41, 5.74) is 1.23. The minimum Gasteiger partial charge on any atom is -0.226 e. The van der Waals surface area contributed by atoms with Crippen molar-refractivity contribution in [3.63, 3.8) is 0 Å². The maximum atomic E-state index is 5.72. The Bertz CT molecular complexity index is 474. The van der Waals surface area contributed by atoms with Gasteiger partial charge in [0.15, 0.2) is 0 Å². The molecule has 2 aromatic rings. The Morgan fingerprint density at radius 2 is 2.00 bits per heavy atom. The van der Waals surface area contributed by atoms with Crippen LogP contribution in [-0.4, -0.2) is 9.97 Å². The van der Waals surface area contributed by atoms with Crippen molar-refractivity contribution in [2.75, 3.05) is 0 Å². The quantitative estimate of drug-likeness (QED) is 0.589. The van der Waals surface area contributed by atoms with Crippen LogP contribution in [0, 0.1) is 6.92 Å². The SMILES string of the molecule is Cc1ccccc1Sc1ccnc(Cl)n1. The Morgan fingerprint density at radius 1 is 1.20 bits per heavy atom. The van der Waals surface area contributed by atoms with E-state index in [4.69, 9.17) is 11.6 Å². The predicted molar refractivity (Wildman–Crippen MR) is 62.3 cm³/mol. The van der Waals surface area contributed by atoms with Crippen molar-refractivity contribution in [3.8, 4) is 0 Å². The smallest absolute Gasteiger partial charge is 0.223 e. The van der Waals surface area contributed by atoms with E-state index in [0.717, 1.165) is 5.03 Å². The minimum absolute atomic E-state index is 0.286. The molecule has 0 amide bonds. The molecular weight excluding hydrogens is 228 g/mol. The fourth-order valence-electron chi connectivity index (χ4n) is 1.16. The van der Waals surface area contributed by atoms with Gasteiger partial charge in [-0.2, -0.15) is 0 Å². The second-order valence-corrected chi connectivity index (χ2v) is 4.43. The Morgan fingerprint density at radius 3 is 2.73 bits per heavy atom. The number of aryl methyl sites for hydroxylation is 1. The monoisotopic (exact) mass is 236 g/mol. The second-order valence-electron chi connectivity index (χ2n) is 3.03. The normalized spacial score (nSPS) is 10.3. The molecule has 0 aliphatic carbocycles. The zero-order valence-corrected chi connectivity index (χ0v) is 9.72. The van der Waals surface area contributed by atoms with Gasteiger partial charge in [-0.05, 0) is 36.2 Å². The topological polar surface area (TPSA) is 25.8 Å². The molecule has 1 aromatic carbocycles. The number of aromatic nitrogens is 2. The molecule has 0 N–H and O–H groups in total. The van der Waals surface area contributed by atoms with E-state index in [2.05, 4.69) is 29.0 Å². The Balaban J connectivity index is 2.26. The standard InChI is InChI=1S/C11H9ClN2S/c1-8-4-2-3-5-9(8)15-10-6-7-13-11(12)14-10/h2-7H,1H3. The molecule has 0 fully saturated rings. The number of hydrogen-bond donors (Lipinski definition) is 0. The average Bonchev–Trinajstić information content (AvgIpc) is 2.22. The van der Waals surface area contributed by atoms with Gasteiger partial charge in [-0.15, -0.1) is 0 Å². The number of halogens is 1. The van der Waals surface area contributed by atoms with Crippen LogP contribution >= 0.6 is 23.4 Å². The van der Waals surface area contributed by atoms with E-state index in [9.17, 15) is 0 Å². The molecule has 76 valence electrons. The Labute approximate surface area is 97.7 Å². The molecule has 1 aromatic heterocycles. The van der Waals surface area contributed by atoms with Crippen LogP contribution in [0.25, 0.3) is 0 Å². The first kappa shape index (κ1) is 10.5. The molecular formula is C11H9ClN2S. The molecule has 15 heavy (non-hydrogen) atoms. The summed E-state index contributed by atoms with van der Waals surface area (Å²) in [5, 5.41) is 1.15.